The van der Waals surface area contributed by atoms with E-state index in [1.807, 2.05) is 19.9 Å². The summed E-state index contributed by atoms with van der Waals surface area (Å²) >= 11 is 6.75. The average molecular weight is 445 g/mol. The molecular formula is C22H28N4O2S2. The number of amides is 1. The van der Waals surface area contributed by atoms with Crippen molar-refractivity contribution < 1.29 is 4.79 Å². The van der Waals surface area contributed by atoms with Gasteiger partial charge < -0.3 is 4.90 Å². The molecule has 1 aromatic rings. The lowest BCUT2D eigenvalue weighted by Crippen LogP contribution is -2.39. The Hall–Kier alpha value is -2.11. The van der Waals surface area contributed by atoms with Crippen molar-refractivity contribution in [1.29, 1.82) is 5.26 Å². The van der Waals surface area contributed by atoms with E-state index < -0.39 is 0 Å². The van der Waals surface area contributed by atoms with Crippen LogP contribution in [0.25, 0.3) is 6.08 Å². The fourth-order valence-corrected chi connectivity index (χ4v) is 5.59. The molecule has 0 radical (unpaired) electrons. The topological polar surface area (TPSA) is 69.3 Å². The number of thiocarbonyl (C=S) groups is 1. The third kappa shape index (κ3) is 3.93. The minimum absolute atomic E-state index is 0.0294. The zero-order chi connectivity index (χ0) is 22.2. The summed E-state index contributed by atoms with van der Waals surface area (Å²) in [6.07, 6.45) is 4.84. The molecule has 2 atom stereocenters. The zero-order valence-corrected chi connectivity index (χ0v) is 19.8. The van der Waals surface area contributed by atoms with E-state index in [0.29, 0.717) is 20.7 Å². The summed E-state index contributed by atoms with van der Waals surface area (Å²) < 4.78 is 2.11. The van der Waals surface area contributed by atoms with E-state index in [0.717, 1.165) is 43.7 Å². The quantitative estimate of drug-likeness (QED) is 0.520. The Labute approximate surface area is 187 Å². The number of pyridine rings is 1. The van der Waals surface area contributed by atoms with E-state index in [9.17, 15) is 14.9 Å². The van der Waals surface area contributed by atoms with Gasteiger partial charge in [0.15, 0.2) is 0 Å². The van der Waals surface area contributed by atoms with Crippen LogP contribution in [0.1, 0.15) is 56.7 Å². The molecule has 0 aromatic carbocycles. The Morgan fingerprint density at radius 2 is 2.10 bits per heavy atom. The van der Waals surface area contributed by atoms with E-state index in [1.54, 1.807) is 23.4 Å². The highest BCUT2D eigenvalue weighted by molar-refractivity contribution is 8.26. The summed E-state index contributed by atoms with van der Waals surface area (Å²) in [6.45, 7) is 9.69. The molecule has 1 aromatic heterocycles. The molecule has 1 amide bonds. The highest BCUT2D eigenvalue weighted by Crippen LogP contribution is 2.37. The normalized spacial score (nSPS) is 22.0. The second-order valence-corrected chi connectivity index (χ2v) is 9.89. The predicted octanol–water partition coefficient (Wildman–Crippen LogP) is 3.80. The van der Waals surface area contributed by atoms with Crippen LogP contribution in [0.2, 0.25) is 0 Å². The molecule has 0 N–H and O–H groups in total. The van der Waals surface area contributed by atoms with Gasteiger partial charge in [0.1, 0.15) is 21.8 Å². The van der Waals surface area contributed by atoms with Crippen molar-refractivity contribution >= 4 is 46.1 Å². The van der Waals surface area contributed by atoms with Crippen LogP contribution in [0.4, 0.5) is 5.82 Å². The number of aromatic nitrogens is 1. The number of hydrogen-bond acceptors (Lipinski definition) is 6. The zero-order valence-electron chi connectivity index (χ0n) is 18.2. The predicted molar refractivity (Wildman–Crippen MR) is 127 cm³/mol. The molecule has 160 valence electrons. The van der Waals surface area contributed by atoms with Crippen molar-refractivity contribution in [2.75, 3.05) is 18.0 Å². The molecule has 0 aliphatic carbocycles. The van der Waals surface area contributed by atoms with Crippen molar-refractivity contribution in [2.24, 2.45) is 13.0 Å². The fourth-order valence-electron chi connectivity index (χ4n) is 4.15. The molecule has 2 aliphatic heterocycles. The molecule has 8 heteroatoms. The summed E-state index contributed by atoms with van der Waals surface area (Å²) in [5, 5.41) is 9.59. The Balaban J connectivity index is 2.19. The van der Waals surface area contributed by atoms with Gasteiger partial charge in [-0.05, 0) is 50.7 Å². The van der Waals surface area contributed by atoms with Crippen LogP contribution in [0, 0.1) is 24.2 Å². The summed E-state index contributed by atoms with van der Waals surface area (Å²) in [4.78, 5) is 30.3. The molecule has 3 heterocycles. The second-order valence-electron chi connectivity index (χ2n) is 8.22. The van der Waals surface area contributed by atoms with E-state index in [1.165, 1.54) is 11.8 Å². The molecule has 0 saturated carbocycles. The number of carbonyl (C=O) groups is 1. The van der Waals surface area contributed by atoms with E-state index in [2.05, 4.69) is 17.9 Å². The van der Waals surface area contributed by atoms with Crippen LogP contribution in [-0.2, 0) is 11.8 Å². The van der Waals surface area contributed by atoms with E-state index in [-0.39, 0.29) is 23.1 Å². The van der Waals surface area contributed by atoms with E-state index >= 15 is 0 Å². The molecule has 6 nitrogen and oxygen atoms in total. The number of anilines is 1. The van der Waals surface area contributed by atoms with Gasteiger partial charge in [0.2, 0.25) is 0 Å². The first-order valence-electron chi connectivity index (χ1n) is 10.4. The number of thioether (sulfide) groups is 1. The maximum atomic E-state index is 13.1. The van der Waals surface area contributed by atoms with Crippen molar-refractivity contribution in [3.05, 3.63) is 31.9 Å². The van der Waals surface area contributed by atoms with Crippen LogP contribution in [-0.4, -0.2) is 38.8 Å². The molecule has 2 unspecified atom stereocenters. The van der Waals surface area contributed by atoms with Gasteiger partial charge in [0.05, 0.1) is 4.91 Å². The van der Waals surface area contributed by atoms with Gasteiger partial charge >= 0.3 is 0 Å². The largest absolute Gasteiger partial charge is 0.357 e. The first-order valence-corrected chi connectivity index (χ1v) is 11.6. The van der Waals surface area contributed by atoms with Gasteiger partial charge in [0, 0.05) is 31.7 Å². The number of nitrogens with zero attached hydrogens (tertiary/aromatic N) is 4. The second kappa shape index (κ2) is 8.94. The molecule has 30 heavy (non-hydrogen) atoms. The SMILES string of the molecule is CCC(C)N1C(=O)/C(=C/c2c(C)c(C#N)c(=O)n(C)c2N2CCCC(C)C2)SC1=S. The highest BCUT2D eigenvalue weighted by Gasteiger charge is 2.35. The van der Waals surface area contributed by atoms with Gasteiger partial charge in [-0.3, -0.25) is 19.1 Å². The minimum Gasteiger partial charge on any atom is -0.357 e. The summed E-state index contributed by atoms with van der Waals surface area (Å²) in [6, 6.07) is 2.09. The Morgan fingerprint density at radius 3 is 2.70 bits per heavy atom. The average Bonchev–Trinajstić information content (AvgIpc) is 2.99. The molecule has 3 rings (SSSR count). The third-order valence-corrected chi connectivity index (χ3v) is 7.39. The number of piperidine rings is 1. The number of nitriles is 1. The lowest BCUT2D eigenvalue weighted by molar-refractivity contribution is -0.123. The van der Waals surface area contributed by atoms with Crippen molar-refractivity contribution in [2.45, 2.75) is 53.0 Å². The first kappa shape index (κ1) is 22.6. The minimum atomic E-state index is -0.299. The molecule has 0 spiro atoms. The molecule has 0 bridgehead atoms. The highest BCUT2D eigenvalue weighted by atomic mass is 32.2. The van der Waals surface area contributed by atoms with Crippen LogP contribution < -0.4 is 10.5 Å². The Bertz CT molecular complexity index is 1020. The maximum Gasteiger partial charge on any atom is 0.270 e. The van der Waals surface area contributed by atoms with Crippen molar-refractivity contribution in [3.8, 4) is 6.07 Å². The standard InChI is InChI=1S/C22H28N4O2S2/c1-6-14(3)26-21(28)18(30-22(26)29)10-16-15(4)17(11-23)20(27)24(5)19(16)25-9-7-8-13(2)12-25/h10,13-14H,6-9,12H2,1-5H3/b18-10-. The smallest absolute Gasteiger partial charge is 0.270 e. The summed E-state index contributed by atoms with van der Waals surface area (Å²) in [5.41, 5.74) is 1.19. The monoisotopic (exact) mass is 444 g/mol. The molecule has 2 saturated heterocycles. The first-order chi connectivity index (χ1) is 14.2. The van der Waals surface area contributed by atoms with Crippen LogP contribution in [0.3, 0.4) is 0 Å². The summed E-state index contributed by atoms with van der Waals surface area (Å²) in [7, 11) is 1.71. The van der Waals surface area contributed by atoms with Crippen molar-refractivity contribution in [3.63, 3.8) is 0 Å². The van der Waals surface area contributed by atoms with E-state index in [4.69, 9.17) is 12.2 Å². The van der Waals surface area contributed by atoms with Gasteiger partial charge in [-0.25, -0.2) is 0 Å². The van der Waals surface area contributed by atoms with Crippen LogP contribution in [0.15, 0.2) is 9.70 Å². The Morgan fingerprint density at radius 1 is 1.40 bits per heavy atom. The fraction of sp³-hybridized carbons (Fsp3) is 0.545. The molecule has 2 fully saturated rings. The third-order valence-electron chi connectivity index (χ3n) is 6.06. The van der Waals surface area contributed by atoms with Gasteiger partial charge in [-0.15, -0.1) is 0 Å². The lowest BCUT2D eigenvalue weighted by atomic mass is 9.98. The molecule has 2 aliphatic rings. The van der Waals surface area contributed by atoms with Crippen LogP contribution in [0.5, 0.6) is 0 Å². The summed E-state index contributed by atoms with van der Waals surface area (Å²) in [5.74, 6) is 1.18. The molecular weight excluding hydrogens is 416 g/mol. The number of carbonyl (C=O) groups excluding carboxylic acids is 1. The van der Waals surface area contributed by atoms with Gasteiger partial charge in [-0.1, -0.05) is 37.8 Å². The van der Waals surface area contributed by atoms with Crippen molar-refractivity contribution in [1.82, 2.24) is 9.47 Å². The number of rotatable bonds is 4. The lowest BCUT2D eigenvalue weighted by Gasteiger charge is -2.35. The van der Waals surface area contributed by atoms with Gasteiger partial charge in [0.25, 0.3) is 11.5 Å². The van der Waals surface area contributed by atoms with Crippen LogP contribution >= 0.6 is 24.0 Å². The Kier molecular flexibility index (Phi) is 6.73. The van der Waals surface area contributed by atoms with Gasteiger partial charge in [-0.2, -0.15) is 5.26 Å². The number of hydrogen-bond donors (Lipinski definition) is 0. The maximum absolute atomic E-state index is 13.1.